The van der Waals surface area contributed by atoms with Gasteiger partial charge in [-0.05, 0) is 37.3 Å². The number of nitro benzene ring substituents is 1. The van der Waals surface area contributed by atoms with Gasteiger partial charge in [0.2, 0.25) is 5.91 Å². The molecule has 0 aliphatic carbocycles. The van der Waals surface area contributed by atoms with E-state index in [2.05, 4.69) is 0 Å². The molecule has 10 heteroatoms. The summed E-state index contributed by atoms with van der Waals surface area (Å²) in [5, 5.41) is 11.1. The molecule has 2 aromatic rings. The van der Waals surface area contributed by atoms with Crippen molar-refractivity contribution < 1.29 is 22.9 Å². The number of hydrogen-bond acceptors (Lipinski definition) is 6. The van der Waals surface area contributed by atoms with Crippen LogP contribution < -0.4 is 14.8 Å². The molecule has 0 radical (unpaired) electrons. The molecule has 0 unspecified atom stereocenters. The fourth-order valence-electron chi connectivity index (χ4n) is 2.28. The third-order valence-corrected chi connectivity index (χ3v) is 5.39. The lowest BCUT2D eigenvalue weighted by atomic mass is 10.2. The van der Waals surface area contributed by atoms with Gasteiger partial charge in [-0.1, -0.05) is 6.07 Å². The summed E-state index contributed by atoms with van der Waals surface area (Å²) >= 11 is 0. The van der Waals surface area contributed by atoms with Crippen LogP contribution in [0.25, 0.3) is 0 Å². The lowest BCUT2D eigenvalue weighted by Crippen LogP contribution is -2.38. The Hall–Kier alpha value is -3.14. The number of ether oxygens (including phenoxy) is 1. The van der Waals surface area contributed by atoms with Crippen LogP contribution in [0.5, 0.6) is 5.75 Å². The van der Waals surface area contributed by atoms with Crippen LogP contribution in [0.15, 0.2) is 47.4 Å². The van der Waals surface area contributed by atoms with Crippen molar-refractivity contribution in [2.75, 3.05) is 18.0 Å². The number of aryl methyl sites for hydroxylation is 1. The van der Waals surface area contributed by atoms with Crippen molar-refractivity contribution in [2.24, 2.45) is 5.73 Å². The normalized spacial score (nSPS) is 11.0. The van der Waals surface area contributed by atoms with Crippen LogP contribution in [-0.4, -0.2) is 32.9 Å². The number of rotatable bonds is 7. The molecule has 26 heavy (non-hydrogen) atoms. The zero-order valence-corrected chi connectivity index (χ0v) is 14.9. The monoisotopic (exact) mass is 379 g/mol. The standard InChI is InChI=1S/C16H17N3O6S/c1-11-3-8-14(9-15(11)19(21)22)26(23,24)18(10-16(17)20)12-4-6-13(25-2)7-5-12/h3-9H,10H2,1-2H3,(H2,17,20). The van der Waals surface area contributed by atoms with E-state index in [4.69, 9.17) is 10.5 Å². The molecule has 2 aromatic carbocycles. The SMILES string of the molecule is COc1ccc(N(CC(N)=O)S(=O)(=O)c2ccc(C)c([N+](=O)[O-])c2)cc1. The number of carbonyl (C=O) groups is 1. The quantitative estimate of drug-likeness (QED) is 0.574. The Balaban J connectivity index is 2.57. The summed E-state index contributed by atoms with van der Waals surface area (Å²) in [6.45, 7) is 0.884. The van der Waals surface area contributed by atoms with E-state index >= 15 is 0 Å². The molecule has 0 fully saturated rings. The number of primary amides is 1. The molecule has 0 saturated heterocycles. The van der Waals surface area contributed by atoms with Crippen molar-refractivity contribution in [3.63, 3.8) is 0 Å². The Morgan fingerprint density at radius 3 is 2.35 bits per heavy atom. The zero-order valence-electron chi connectivity index (χ0n) is 14.1. The predicted molar refractivity (Wildman–Crippen MR) is 94.6 cm³/mol. The second kappa shape index (κ2) is 7.40. The van der Waals surface area contributed by atoms with Crippen molar-refractivity contribution >= 4 is 27.3 Å². The minimum Gasteiger partial charge on any atom is -0.497 e. The molecule has 138 valence electrons. The van der Waals surface area contributed by atoms with E-state index in [1.165, 1.54) is 50.4 Å². The maximum atomic E-state index is 13.0. The topological polar surface area (TPSA) is 133 Å². The van der Waals surface area contributed by atoms with Crippen LogP contribution in [0.4, 0.5) is 11.4 Å². The minimum atomic E-state index is -4.25. The van der Waals surface area contributed by atoms with Gasteiger partial charge in [0.25, 0.3) is 15.7 Å². The van der Waals surface area contributed by atoms with Crippen molar-refractivity contribution in [1.29, 1.82) is 0 Å². The summed E-state index contributed by atoms with van der Waals surface area (Å²) in [6, 6.07) is 9.48. The number of nitrogens with zero attached hydrogens (tertiary/aromatic N) is 2. The molecule has 0 aliphatic rings. The Bertz CT molecular complexity index is 941. The predicted octanol–water partition coefficient (Wildman–Crippen LogP) is 1.59. The molecule has 2 rings (SSSR count). The summed E-state index contributed by atoms with van der Waals surface area (Å²) in [7, 11) is -2.80. The van der Waals surface area contributed by atoms with Gasteiger partial charge in [0.05, 0.1) is 22.6 Å². The number of sulfonamides is 1. The summed E-state index contributed by atoms with van der Waals surface area (Å²) in [4.78, 5) is 21.5. The average Bonchev–Trinajstić information content (AvgIpc) is 2.59. The molecule has 0 aliphatic heterocycles. The molecule has 0 bridgehead atoms. The van der Waals surface area contributed by atoms with Gasteiger partial charge < -0.3 is 10.5 Å². The largest absolute Gasteiger partial charge is 0.497 e. The Morgan fingerprint density at radius 2 is 1.85 bits per heavy atom. The third kappa shape index (κ3) is 3.91. The van der Waals surface area contributed by atoms with Gasteiger partial charge in [-0.3, -0.25) is 19.2 Å². The van der Waals surface area contributed by atoms with Crippen molar-refractivity contribution in [2.45, 2.75) is 11.8 Å². The number of anilines is 1. The van der Waals surface area contributed by atoms with Gasteiger partial charge in [0.1, 0.15) is 12.3 Å². The molecule has 9 nitrogen and oxygen atoms in total. The molecule has 2 N–H and O–H groups in total. The zero-order chi connectivity index (χ0) is 19.5. The summed E-state index contributed by atoms with van der Waals surface area (Å²) < 4.78 is 31.8. The first kappa shape index (κ1) is 19.2. The average molecular weight is 379 g/mol. The van der Waals surface area contributed by atoms with Crippen LogP contribution in [-0.2, 0) is 14.8 Å². The number of nitrogens with two attached hydrogens (primary N) is 1. The highest BCUT2D eigenvalue weighted by Gasteiger charge is 2.28. The van der Waals surface area contributed by atoms with E-state index in [0.717, 1.165) is 10.4 Å². The van der Waals surface area contributed by atoms with E-state index in [9.17, 15) is 23.3 Å². The number of amides is 1. The van der Waals surface area contributed by atoms with E-state index in [0.29, 0.717) is 11.3 Å². The van der Waals surface area contributed by atoms with Crippen LogP contribution >= 0.6 is 0 Å². The second-order valence-electron chi connectivity index (χ2n) is 5.38. The molecule has 0 atom stereocenters. The van der Waals surface area contributed by atoms with Crippen LogP contribution in [0.1, 0.15) is 5.56 Å². The summed E-state index contributed by atoms with van der Waals surface area (Å²) in [6.07, 6.45) is 0. The van der Waals surface area contributed by atoms with Gasteiger partial charge in [-0.2, -0.15) is 0 Å². The van der Waals surface area contributed by atoms with Gasteiger partial charge in [0, 0.05) is 11.6 Å². The Labute approximate surface area is 150 Å². The number of hydrogen-bond donors (Lipinski definition) is 1. The first-order valence-corrected chi connectivity index (χ1v) is 8.81. The Kier molecular flexibility index (Phi) is 5.46. The number of carbonyl (C=O) groups excluding carboxylic acids is 1. The highest BCUT2D eigenvalue weighted by Crippen LogP contribution is 2.28. The van der Waals surface area contributed by atoms with Crippen molar-refractivity contribution in [1.82, 2.24) is 0 Å². The van der Waals surface area contributed by atoms with E-state index in [-0.39, 0.29) is 16.3 Å². The smallest absolute Gasteiger partial charge is 0.273 e. The van der Waals surface area contributed by atoms with E-state index in [1.54, 1.807) is 0 Å². The molecule has 0 heterocycles. The first-order chi connectivity index (χ1) is 12.2. The lowest BCUT2D eigenvalue weighted by molar-refractivity contribution is -0.385. The Morgan fingerprint density at radius 1 is 1.23 bits per heavy atom. The van der Waals surface area contributed by atoms with E-state index in [1.807, 2.05) is 0 Å². The lowest BCUT2D eigenvalue weighted by Gasteiger charge is -2.23. The first-order valence-electron chi connectivity index (χ1n) is 7.37. The van der Waals surface area contributed by atoms with Crippen molar-refractivity contribution in [3.8, 4) is 5.75 Å². The highest BCUT2D eigenvalue weighted by molar-refractivity contribution is 7.92. The molecule has 0 spiro atoms. The molecular formula is C16H17N3O6S. The molecular weight excluding hydrogens is 362 g/mol. The highest BCUT2D eigenvalue weighted by atomic mass is 32.2. The van der Waals surface area contributed by atoms with Crippen LogP contribution in [0, 0.1) is 17.0 Å². The molecule has 1 amide bonds. The van der Waals surface area contributed by atoms with E-state index < -0.39 is 27.4 Å². The fourth-order valence-corrected chi connectivity index (χ4v) is 3.73. The van der Waals surface area contributed by atoms with Gasteiger partial charge in [0.15, 0.2) is 0 Å². The maximum absolute atomic E-state index is 13.0. The second-order valence-corrected chi connectivity index (χ2v) is 7.24. The van der Waals surface area contributed by atoms with Gasteiger partial charge in [-0.15, -0.1) is 0 Å². The summed E-state index contributed by atoms with van der Waals surface area (Å²) in [5.41, 5.74) is 5.35. The minimum absolute atomic E-state index is 0.174. The number of methoxy groups -OCH3 is 1. The van der Waals surface area contributed by atoms with Crippen LogP contribution in [0.2, 0.25) is 0 Å². The fraction of sp³-hybridized carbons (Fsp3) is 0.188. The third-order valence-electron chi connectivity index (χ3n) is 3.63. The maximum Gasteiger partial charge on any atom is 0.273 e. The van der Waals surface area contributed by atoms with Gasteiger partial charge in [-0.25, -0.2) is 8.42 Å². The number of nitro groups is 1. The molecule has 0 aromatic heterocycles. The van der Waals surface area contributed by atoms with Gasteiger partial charge >= 0.3 is 0 Å². The van der Waals surface area contributed by atoms with Crippen LogP contribution in [0.3, 0.4) is 0 Å². The van der Waals surface area contributed by atoms with Crippen molar-refractivity contribution in [3.05, 3.63) is 58.1 Å². The summed E-state index contributed by atoms with van der Waals surface area (Å²) in [5.74, 6) is -0.373. The number of benzene rings is 2. The molecule has 0 saturated carbocycles.